The molecule has 2 aromatic heterocycles. The monoisotopic (exact) mass is 794 g/mol. The summed E-state index contributed by atoms with van der Waals surface area (Å²) in [6, 6.07) is 25.9. The van der Waals surface area contributed by atoms with Gasteiger partial charge in [0, 0.05) is 43.7 Å². The van der Waals surface area contributed by atoms with E-state index in [4.69, 9.17) is 32.7 Å². The van der Waals surface area contributed by atoms with Gasteiger partial charge in [-0.1, -0.05) is 53.5 Å². The Labute approximate surface area is 337 Å². The van der Waals surface area contributed by atoms with Crippen molar-refractivity contribution in [2.24, 2.45) is 0 Å². The van der Waals surface area contributed by atoms with Gasteiger partial charge >= 0.3 is 5.97 Å². The Balaban J connectivity index is 0.000000214. The van der Waals surface area contributed by atoms with Crippen molar-refractivity contribution < 1.29 is 24.2 Å². The first-order valence-corrected chi connectivity index (χ1v) is 19.1. The molecule has 0 aliphatic rings. The summed E-state index contributed by atoms with van der Waals surface area (Å²) in [5.41, 5.74) is 7.78. The molecule has 0 saturated carbocycles. The highest BCUT2D eigenvalue weighted by Crippen LogP contribution is 2.42. The zero-order chi connectivity index (χ0) is 41.3. The molecule has 0 aliphatic heterocycles. The van der Waals surface area contributed by atoms with Crippen LogP contribution in [0.3, 0.4) is 0 Å². The van der Waals surface area contributed by atoms with Gasteiger partial charge in [0.1, 0.15) is 6.10 Å². The number of ketones is 1. The van der Waals surface area contributed by atoms with Crippen molar-refractivity contribution >= 4 is 56.8 Å². The number of carboxylic acid groups (broad SMARTS) is 1. The minimum Gasteiger partial charge on any atom is -0.479 e. The number of nitrogens with zero attached hydrogens (tertiary/aromatic N) is 1. The summed E-state index contributed by atoms with van der Waals surface area (Å²) in [6.07, 6.45) is -1.82. The van der Waals surface area contributed by atoms with Crippen molar-refractivity contribution in [2.45, 2.75) is 92.6 Å². The molecule has 8 nitrogen and oxygen atoms in total. The maximum absolute atomic E-state index is 12.6. The highest BCUT2D eigenvalue weighted by molar-refractivity contribution is 6.31. The second-order valence-electron chi connectivity index (χ2n) is 16.0. The van der Waals surface area contributed by atoms with E-state index >= 15 is 0 Å². The molecule has 0 unspecified atom stereocenters. The van der Waals surface area contributed by atoms with Crippen LogP contribution in [0, 0.1) is 20.8 Å². The summed E-state index contributed by atoms with van der Waals surface area (Å²) in [4.78, 5) is 44.2. The molecule has 0 amide bonds. The smallest absolute Gasteiger partial charge is 0.337 e. The maximum atomic E-state index is 12.6. The van der Waals surface area contributed by atoms with E-state index in [2.05, 4.69) is 9.97 Å². The van der Waals surface area contributed by atoms with Gasteiger partial charge in [0.15, 0.2) is 11.9 Å². The van der Waals surface area contributed by atoms with E-state index in [9.17, 15) is 19.5 Å². The molecule has 0 spiro atoms. The van der Waals surface area contributed by atoms with E-state index in [1.165, 1.54) is 6.07 Å². The lowest BCUT2D eigenvalue weighted by molar-refractivity contribution is -0.160. The van der Waals surface area contributed by atoms with Gasteiger partial charge in [0.2, 0.25) is 5.56 Å². The Morgan fingerprint density at radius 3 is 1.64 bits per heavy atom. The van der Waals surface area contributed by atoms with E-state index in [0.717, 1.165) is 66.4 Å². The number of aromatic amines is 1. The number of aryl methyl sites for hydroxylation is 3. The van der Waals surface area contributed by atoms with Crippen LogP contribution in [0.15, 0.2) is 89.7 Å². The number of benzene rings is 4. The topological polar surface area (TPSA) is 119 Å². The minimum absolute atomic E-state index is 0.0722. The van der Waals surface area contributed by atoms with E-state index in [-0.39, 0.29) is 11.3 Å². The van der Waals surface area contributed by atoms with Crippen LogP contribution in [0.25, 0.3) is 44.1 Å². The second kappa shape index (κ2) is 16.7. The van der Waals surface area contributed by atoms with Gasteiger partial charge in [-0.2, -0.15) is 0 Å². The Hall–Kier alpha value is -4.86. The number of ether oxygens (including phenoxy) is 2. The molecule has 6 aromatic rings. The summed E-state index contributed by atoms with van der Waals surface area (Å²) in [6.45, 7) is 18.7. The van der Waals surface area contributed by atoms with E-state index in [0.29, 0.717) is 15.6 Å². The number of carboxylic acids is 1. The van der Waals surface area contributed by atoms with Gasteiger partial charge in [0.05, 0.1) is 16.7 Å². The third-order valence-corrected chi connectivity index (χ3v) is 9.48. The molecule has 292 valence electrons. The molecule has 2 atom stereocenters. The predicted molar refractivity (Wildman–Crippen MR) is 227 cm³/mol. The summed E-state index contributed by atoms with van der Waals surface area (Å²) >= 11 is 12.2. The van der Waals surface area contributed by atoms with Gasteiger partial charge in [-0.15, -0.1) is 0 Å². The molecule has 0 bridgehead atoms. The van der Waals surface area contributed by atoms with Gasteiger partial charge in [0.25, 0.3) is 0 Å². The number of halogens is 2. The molecule has 0 aliphatic carbocycles. The zero-order valence-corrected chi connectivity index (χ0v) is 34.9. The fourth-order valence-corrected chi connectivity index (χ4v) is 7.05. The average molecular weight is 796 g/mol. The molecule has 10 heteroatoms. The van der Waals surface area contributed by atoms with Crippen molar-refractivity contribution in [3.8, 4) is 22.3 Å². The van der Waals surface area contributed by atoms with Crippen molar-refractivity contribution in [3.63, 3.8) is 0 Å². The quantitative estimate of drug-likeness (QED) is 0.157. The number of aromatic nitrogens is 2. The first-order valence-electron chi connectivity index (χ1n) is 18.3. The molecule has 2 heterocycles. The third kappa shape index (κ3) is 9.92. The van der Waals surface area contributed by atoms with Crippen LogP contribution in [0.2, 0.25) is 10.0 Å². The molecule has 2 N–H and O–H groups in total. The zero-order valence-electron chi connectivity index (χ0n) is 33.4. The van der Waals surface area contributed by atoms with Crippen molar-refractivity contribution in [1.29, 1.82) is 0 Å². The van der Waals surface area contributed by atoms with E-state index in [1.807, 2.05) is 123 Å². The average Bonchev–Trinajstić information content (AvgIpc) is 3.09. The Morgan fingerprint density at radius 1 is 0.679 bits per heavy atom. The number of hydrogen-bond donors (Lipinski definition) is 2. The number of carbonyl (C=O) groups excluding carboxylic acids is 1. The normalized spacial score (nSPS) is 12.9. The maximum Gasteiger partial charge on any atom is 0.337 e. The first kappa shape index (κ1) is 42.3. The van der Waals surface area contributed by atoms with Gasteiger partial charge in [-0.3, -0.25) is 14.6 Å². The van der Waals surface area contributed by atoms with Crippen LogP contribution in [0.1, 0.15) is 88.6 Å². The Kier molecular flexibility index (Phi) is 12.6. The lowest BCUT2D eigenvalue weighted by atomic mass is 9.87. The van der Waals surface area contributed by atoms with E-state index < -0.39 is 29.4 Å². The molecule has 0 fully saturated rings. The molecular formula is C46H48Cl2N2O6. The number of aliphatic carboxylic acids is 1. The third-order valence-electron chi connectivity index (χ3n) is 8.98. The highest BCUT2D eigenvalue weighted by Gasteiger charge is 2.32. The standard InChI is InChI=1S/2C23H24ClNO3/c1-13-12-18-17(11-6-14(2)25-18)20(15-7-9-16(24)10-8-15)19(13)21(22(26)27)28-23(3,4)5;1-13-12-18-17(10-11-19(27)25-18)21(15-6-8-16(24)9-7-15)20(13)22(14(2)26)28-23(3,4)5/h6-12,21H,1-5H3,(H,26,27);6-12,22H,1-5H3,(H,25,27)/t21-;22-/m01/s1. The van der Waals surface area contributed by atoms with Crippen LogP contribution in [0.5, 0.6) is 0 Å². The van der Waals surface area contributed by atoms with Crippen LogP contribution in [-0.4, -0.2) is 38.0 Å². The summed E-state index contributed by atoms with van der Waals surface area (Å²) < 4.78 is 12.2. The van der Waals surface area contributed by atoms with Gasteiger partial charge in [-0.25, -0.2) is 4.79 Å². The molecular weight excluding hydrogens is 747 g/mol. The Bertz CT molecular complexity index is 2480. The fraction of sp³-hybridized carbons (Fsp3) is 0.304. The van der Waals surface area contributed by atoms with Crippen LogP contribution in [-0.2, 0) is 19.1 Å². The number of Topliss-reactive ketones (excluding diaryl/α,β-unsaturated/α-hetero) is 1. The largest absolute Gasteiger partial charge is 0.479 e. The van der Waals surface area contributed by atoms with Crippen LogP contribution in [0.4, 0.5) is 0 Å². The number of nitrogens with one attached hydrogen (secondary N) is 1. The first-order chi connectivity index (χ1) is 26.1. The molecule has 56 heavy (non-hydrogen) atoms. The Morgan fingerprint density at radius 2 is 1.14 bits per heavy atom. The summed E-state index contributed by atoms with van der Waals surface area (Å²) in [5.74, 6) is -1.09. The SMILES string of the molecule is CC(=O)[C@@H](OC(C)(C)C)c1c(C)cc2[nH]c(=O)ccc2c1-c1ccc(Cl)cc1.Cc1ccc2c(-c3ccc(Cl)cc3)c([C@H](OC(C)(C)C)C(=O)O)c(C)cc2n1. The minimum atomic E-state index is -1.10. The van der Waals surface area contributed by atoms with Crippen molar-refractivity contribution in [2.75, 3.05) is 0 Å². The van der Waals surface area contributed by atoms with Crippen LogP contribution >= 0.6 is 23.2 Å². The molecule has 0 radical (unpaired) electrons. The van der Waals surface area contributed by atoms with Crippen molar-refractivity contribution in [1.82, 2.24) is 9.97 Å². The van der Waals surface area contributed by atoms with Crippen LogP contribution < -0.4 is 5.56 Å². The summed E-state index contributed by atoms with van der Waals surface area (Å²) in [5, 5.41) is 13.0. The number of fused-ring (bicyclic) bond motifs is 2. The lowest BCUT2D eigenvalue weighted by Crippen LogP contribution is -2.28. The van der Waals surface area contributed by atoms with E-state index in [1.54, 1.807) is 25.1 Å². The highest BCUT2D eigenvalue weighted by atomic mass is 35.5. The molecule has 0 saturated heterocycles. The number of rotatable bonds is 8. The lowest BCUT2D eigenvalue weighted by Gasteiger charge is -2.29. The number of pyridine rings is 2. The fourth-order valence-electron chi connectivity index (χ4n) is 6.80. The number of carbonyl (C=O) groups is 2. The number of H-pyrrole nitrogens is 1. The summed E-state index contributed by atoms with van der Waals surface area (Å²) in [7, 11) is 0. The molecule has 4 aromatic carbocycles. The second-order valence-corrected chi connectivity index (χ2v) is 16.8. The van der Waals surface area contributed by atoms with Crippen molar-refractivity contribution in [3.05, 3.63) is 133 Å². The van der Waals surface area contributed by atoms with Gasteiger partial charge < -0.3 is 19.6 Å². The van der Waals surface area contributed by atoms with Gasteiger partial charge in [-0.05, 0) is 157 Å². The molecule has 6 rings (SSSR count). The number of hydrogen-bond acceptors (Lipinski definition) is 6. The predicted octanol–water partition coefficient (Wildman–Crippen LogP) is 11.7.